The monoisotopic (exact) mass is 270 g/mol. The van der Waals surface area contributed by atoms with Crippen LogP contribution in [0.25, 0.3) is 0 Å². The van der Waals surface area contributed by atoms with Crippen LogP contribution in [0.2, 0.25) is 0 Å². The van der Waals surface area contributed by atoms with Crippen LogP contribution in [0.4, 0.5) is 5.69 Å². The molecule has 0 spiro atoms. The van der Waals surface area contributed by atoms with Crippen LogP contribution in [0.15, 0.2) is 0 Å². The number of nitrogens with zero attached hydrogens (tertiary/aromatic N) is 3. The first-order valence-electron chi connectivity index (χ1n) is 6.60. The van der Waals surface area contributed by atoms with Gasteiger partial charge in [0.25, 0.3) is 0 Å². The zero-order valence-corrected chi connectivity index (χ0v) is 12.4. The maximum Gasteiger partial charge on any atom is 0.0862 e. The highest BCUT2D eigenvalue weighted by Crippen LogP contribution is 2.15. The van der Waals surface area contributed by atoms with E-state index in [0.29, 0.717) is 18.8 Å². The predicted octanol–water partition coefficient (Wildman–Crippen LogP) is 0.411. The average molecular weight is 270 g/mol. The third kappa shape index (κ3) is 4.81. The molecule has 0 fully saturated rings. The van der Waals surface area contributed by atoms with Gasteiger partial charge in [-0.3, -0.25) is 4.68 Å². The predicted molar refractivity (Wildman–Crippen MR) is 76.1 cm³/mol. The maximum atomic E-state index is 10.1. The Morgan fingerprint density at radius 3 is 2.68 bits per heavy atom. The van der Waals surface area contributed by atoms with Gasteiger partial charge in [-0.1, -0.05) is 0 Å². The summed E-state index contributed by atoms with van der Waals surface area (Å²) in [5.74, 6) is 0. The molecule has 0 saturated heterocycles. The molecule has 1 heterocycles. The lowest BCUT2D eigenvalue weighted by molar-refractivity contribution is 0.0995. The van der Waals surface area contributed by atoms with E-state index in [2.05, 4.69) is 10.00 Å². The maximum absolute atomic E-state index is 10.1. The Kier molecular flexibility index (Phi) is 6.27. The molecule has 0 bridgehead atoms. The Labute approximate surface area is 115 Å². The number of aryl methyl sites for hydroxylation is 1. The largest absolute Gasteiger partial charge is 0.396 e. The van der Waals surface area contributed by atoms with Gasteiger partial charge in [-0.05, 0) is 27.3 Å². The molecule has 0 amide bonds. The fourth-order valence-corrected chi connectivity index (χ4v) is 2.08. The third-order valence-electron chi connectivity index (χ3n) is 3.23. The van der Waals surface area contributed by atoms with Gasteiger partial charge in [0.15, 0.2) is 0 Å². The number of aliphatic hydroxyl groups is 1. The molecule has 0 radical (unpaired) electrons. The molecular weight excluding hydrogens is 244 g/mol. The van der Waals surface area contributed by atoms with Crippen molar-refractivity contribution in [3.05, 3.63) is 11.4 Å². The number of ether oxygens (including phenoxy) is 1. The summed E-state index contributed by atoms with van der Waals surface area (Å²) in [5, 5.41) is 14.4. The minimum Gasteiger partial charge on any atom is -0.396 e. The number of methoxy groups -OCH3 is 1. The molecule has 3 N–H and O–H groups in total. The summed E-state index contributed by atoms with van der Waals surface area (Å²) in [7, 11) is 3.69. The molecule has 0 aliphatic heterocycles. The van der Waals surface area contributed by atoms with Crippen LogP contribution in [0.3, 0.4) is 0 Å². The normalized spacial score (nSPS) is 13.2. The van der Waals surface area contributed by atoms with Crippen molar-refractivity contribution in [1.29, 1.82) is 0 Å². The van der Waals surface area contributed by atoms with Crippen molar-refractivity contribution in [3.8, 4) is 0 Å². The molecule has 6 heteroatoms. The van der Waals surface area contributed by atoms with E-state index in [1.165, 1.54) is 0 Å². The molecular formula is C13H26N4O2. The third-order valence-corrected chi connectivity index (χ3v) is 3.23. The molecule has 1 aromatic rings. The van der Waals surface area contributed by atoms with Crippen molar-refractivity contribution in [2.24, 2.45) is 0 Å². The van der Waals surface area contributed by atoms with Crippen molar-refractivity contribution in [2.75, 3.05) is 39.6 Å². The zero-order valence-electron chi connectivity index (χ0n) is 12.4. The summed E-state index contributed by atoms with van der Waals surface area (Å²) in [6.07, 6.45) is 0.511. The number of likely N-dealkylation sites (N-methyl/N-ethyl adjacent to an activating group) is 1. The summed E-state index contributed by atoms with van der Waals surface area (Å²) < 4.78 is 6.78. The quantitative estimate of drug-likeness (QED) is 0.669. The lowest BCUT2D eigenvalue weighted by Gasteiger charge is -2.20. The van der Waals surface area contributed by atoms with E-state index >= 15 is 0 Å². The molecule has 1 aromatic heterocycles. The van der Waals surface area contributed by atoms with E-state index in [-0.39, 0.29) is 0 Å². The molecule has 0 aliphatic carbocycles. The first kappa shape index (κ1) is 15.9. The van der Waals surface area contributed by atoms with E-state index in [1.807, 2.05) is 20.9 Å². The highest BCUT2D eigenvalue weighted by atomic mass is 16.5. The van der Waals surface area contributed by atoms with Gasteiger partial charge in [-0.25, -0.2) is 0 Å². The Hall–Kier alpha value is -1.11. The lowest BCUT2D eigenvalue weighted by atomic mass is 10.3. The number of rotatable bonds is 8. The fraction of sp³-hybridized carbons (Fsp3) is 0.769. The summed E-state index contributed by atoms with van der Waals surface area (Å²) >= 11 is 0. The first-order valence-corrected chi connectivity index (χ1v) is 6.60. The minimum absolute atomic E-state index is 0.454. The minimum atomic E-state index is -0.454. The molecule has 1 rings (SSSR count). The number of nitrogen functional groups attached to an aromatic ring is 1. The molecule has 6 nitrogen and oxygen atoms in total. The highest BCUT2D eigenvalue weighted by molar-refractivity contribution is 5.46. The van der Waals surface area contributed by atoms with Crippen molar-refractivity contribution in [3.63, 3.8) is 0 Å². The number of aromatic nitrogens is 2. The van der Waals surface area contributed by atoms with E-state index in [0.717, 1.165) is 31.0 Å². The van der Waals surface area contributed by atoms with Crippen LogP contribution in [-0.4, -0.2) is 59.7 Å². The second kappa shape index (κ2) is 7.47. The fourth-order valence-electron chi connectivity index (χ4n) is 2.08. The summed E-state index contributed by atoms with van der Waals surface area (Å²) in [6.45, 7) is 6.53. The topological polar surface area (TPSA) is 76.5 Å². The highest BCUT2D eigenvalue weighted by Gasteiger charge is 2.13. The van der Waals surface area contributed by atoms with Crippen molar-refractivity contribution in [2.45, 2.75) is 32.9 Å². The zero-order chi connectivity index (χ0) is 14.4. The van der Waals surface area contributed by atoms with Crippen LogP contribution in [-0.2, 0) is 11.3 Å². The molecule has 19 heavy (non-hydrogen) atoms. The number of hydrogen-bond acceptors (Lipinski definition) is 5. The van der Waals surface area contributed by atoms with Gasteiger partial charge in [0.2, 0.25) is 0 Å². The van der Waals surface area contributed by atoms with Crippen LogP contribution >= 0.6 is 0 Å². The first-order chi connectivity index (χ1) is 8.95. The van der Waals surface area contributed by atoms with Crippen molar-refractivity contribution < 1.29 is 9.84 Å². The Morgan fingerprint density at radius 2 is 2.16 bits per heavy atom. The van der Waals surface area contributed by atoms with Gasteiger partial charge in [-0.15, -0.1) is 0 Å². The number of hydrogen-bond donors (Lipinski definition) is 2. The molecule has 0 saturated carbocycles. The summed E-state index contributed by atoms with van der Waals surface area (Å²) in [4.78, 5) is 2.10. The van der Waals surface area contributed by atoms with E-state index in [4.69, 9.17) is 10.5 Å². The molecule has 0 aromatic carbocycles. The lowest BCUT2D eigenvalue weighted by Crippen LogP contribution is -2.33. The van der Waals surface area contributed by atoms with Crippen molar-refractivity contribution in [1.82, 2.24) is 14.7 Å². The van der Waals surface area contributed by atoms with Gasteiger partial charge in [0, 0.05) is 26.8 Å². The van der Waals surface area contributed by atoms with Crippen LogP contribution in [0, 0.1) is 13.8 Å². The number of aliphatic hydroxyl groups excluding tert-OH is 1. The number of nitrogens with two attached hydrogens (primary N) is 1. The molecule has 1 atom stereocenters. The van der Waals surface area contributed by atoms with E-state index in [9.17, 15) is 5.11 Å². The standard InChI is InChI=1S/C13H26N4O2/c1-10-13(14)11(2)17(15-10)9-12(18)8-16(3)6-5-7-19-4/h12,18H,5-9,14H2,1-4H3. The second-order valence-corrected chi connectivity index (χ2v) is 5.03. The summed E-state index contributed by atoms with van der Waals surface area (Å²) in [6, 6.07) is 0. The average Bonchev–Trinajstić information content (AvgIpc) is 2.57. The Balaban J connectivity index is 2.42. The van der Waals surface area contributed by atoms with Gasteiger partial charge < -0.3 is 20.5 Å². The van der Waals surface area contributed by atoms with Crippen molar-refractivity contribution >= 4 is 5.69 Å². The molecule has 110 valence electrons. The second-order valence-electron chi connectivity index (χ2n) is 5.03. The Bertz CT molecular complexity index is 392. The Morgan fingerprint density at radius 1 is 1.47 bits per heavy atom. The molecule has 0 aliphatic rings. The van der Waals surface area contributed by atoms with Crippen LogP contribution in [0.5, 0.6) is 0 Å². The van der Waals surface area contributed by atoms with Gasteiger partial charge in [-0.2, -0.15) is 5.10 Å². The van der Waals surface area contributed by atoms with E-state index < -0.39 is 6.10 Å². The van der Waals surface area contributed by atoms with Crippen LogP contribution in [0.1, 0.15) is 17.8 Å². The number of anilines is 1. The van der Waals surface area contributed by atoms with Gasteiger partial charge in [0.05, 0.1) is 29.7 Å². The molecule has 1 unspecified atom stereocenters. The van der Waals surface area contributed by atoms with E-state index in [1.54, 1.807) is 11.8 Å². The smallest absolute Gasteiger partial charge is 0.0862 e. The van der Waals surface area contributed by atoms with Crippen LogP contribution < -0.4 is 5.73 Å². The summed E-state index contributed by atoms with van der Waals surface area (Å²) in [5.41, 5.74) is 8.31. The SMILES string of the molecule is COCCCN(C)CC(O)Cn1nc(C)c(N)c1C. The van der Waals surface area contributed by atoms with Gasteiger partial charge in [0.1, 0.15) is 0 Å². The van der Waals surface area contributed by atoms with Gasteiger partial charge >= 0.3 is 0 Å².